The molecule has 7 heteroatoms. The van der Waals surface area contributed by atoms with Crippen LogP contribution in [0.25, 0.3) is 5.65 Å². The van der Waals surface area contributed by atoms with Crippen LogP contribution in [-0.4, -0.2) is 39.8 Å². The predicted octanol–water partition coefficient (Wildman–Crippen LogP) is 1.17. The topological polar surface area (TPSA) is 66.7 Å². The van der Waals surface area contributed by atoms with E-state index in [0.717, 1.165) is 17.3 Å². The Balaban J connectivity index is 1.71. The van der Waals surface area contributed by atoms with Gasteiger partial charge in [0.15, 0.2) is 0 Å². The summed E-state index contributed by atoms with van der Waals surface area (Å²) in [4.78, 5) is 30.2. The van der Waals surface area contributed by atoms with Crippen LogP contribution in [0, 0.1) is 0 Å². The molecule has 0 unspecified atom stereocenters. The number of carbonyl (C=O) groups is 1. The molecule has 2 heterocycles. The highest BCUT2D eigenvalue weighted by Crippen LogP contribution is 2.18. The molecular weight excluding hydrogens is 348 g/mol. The van der Waals surface area contributed by atoms with Gasteiger partial charge in [0.25, 0.3) is 5.56 Å². The van der Waals surface area contributed by atoms with Gasteiger partial charge >= 0.3 is 0 Å². The molecule has 0 atom stereocenters. The number of amides is 1. The number of nitrogens with zero attached hydrogens (tertiary/aromatic N) is 3. The van der Waals surface area contributed by atoms with Crippen molar-refractivity contribution >= 4 is 27.5 Å². The van der Waals surface area contributed by atoms with Crippen LogP contribution in [-0.2, 0) is 11.3 Å². The van der Waals surface area contributed by atoms with Crippen LogP contribution in [0.1, 0.15) is 18.5 Å². The van der Waals surface area contributed by atoms with E-state index < -0.39 is 0 Å². The number of likely N-dealkylation sites (N-methyl/N-ethyl adjacent to an activating group) is 1. The van der Waals surface area contributed by atoms with Gasteiger partial charge in [-0.15, -0.1) is 0 Å². The van der Waals surface area contributed by atoms with Gasteiger partial charge < -0.3 is 5.32 Å². The Kier molecular flexibility index (Phi) is 4.26. The lowest BCUT2D eigenvalue weighted by molar-refractivity contribution is -0.122. The Morgan fingerprint density at radius 1 is 1.50 bits per heavy atom. The van der Waals surface area contributed by atoms with E-state index in [2.05, 4.69) is 26.2 Å². The second kappa shape index (κ2) is 6.18. The first-order chi connectivity index (χ1) is 10.5. The van der Waals surface area contributed by atoms with Crippen molar-refractivity contribution in [1.82, 2.24) is 19.6 Å². The van der Waals surface area contributed by atoms with Crippen LogP contribution in [0.2, 0.25) is 0 Å². The van der Waals surface area contributed by atoms with Crippen molar-refractivity contribution in [1.29, 1.82) is 0 Å². The lowest BCUT2D eigenvalue weighted by Crippen LogP contribution is -2.36. The Morgan fingerprint density at radius 3 is 3.00 bits per heavy atom. The lowest BCUT2D eigenvalue weighted by atomic mass is 10.3. The molecule has 0 aliphatic heterocycles. The van der Waals surface area contributed by atoms with Crippen LogP contribution in [0.3, 0.4) is 0 Å². The maximum atomic E-state index is 12.1. The van der Waals surface area contributed by atoms with E-state index in [4.69, 9.17) is 0 Å². The minimum absolute atomic E-state index is 0.0199. The Bertz CT molecular complexity index is 770. The van der Waals surface area contributed by atoms with Gasteiger partial charge in [0.05, 0.1) is 12.2 Å². The van der Waals surface area contributed by atoms with Gasteiger partial charge in [0, 0.05) is 29.3 Å². The van der Waals surface area contributed by atoms with Crippen molar-refractivity contribution in [2.75, 3.05) is 13.6 Å². The van der Waals surface area contributed by atoms with E-state index in [-0.39, 0.29) is 11.5 Å². The molecule has 0 aromatic carbocycles. The summed E-state index contributed by atoms with van der Waals surface area (Å²) in [7, 11) is 1.84. The zero-order chi connectivity index (χ0) is 15.7. The molecular formula is C15H17BrN4O2. The van der Waals surface area contributed by atoms with Crippen molar-refractivity contribution in [3.05, 3.63) is 44.9 Å². The number of fused-ring (bicyclic) bond motifs is 1. The summed E-state index contributed by atoms with van der Waals surface area (Å²) in [5, 5.41) is 2.95. The number of carbonyl (C=O) groups excluding carboxylic acids is 1. The molecule has 0 bridgehead atoms. The monoisotopic (exact) mass is 364 g/mol. The fourth-order valence-electron chi connectivity index (χ4n) is 2.29. The molecule has 1 fully saturated rings. The molecule has 3 rings (SSSR count). The quantitative estimate of drug-likeness (QED) is 0.864. The highest BCUT2D eigenvalue weighted by Gasteiger charge is 2.23. The maximum Gasteiger partial charge on any atom is 0.258 e. The molecule has 1 amide bonds. The molecule has 1 N–H and O–H groups in total. The first-order valence-corrected chi connectivity index (χ1v) is 7.96. The van der Waals surface area contributed by atoms with Gasteiger partial charge in [-0.05, 0) is 48.0 Å². The molecule has 0 radical (unpaired) electrons. The molecule has 1 aliphatic rings. The van der Waals surface area contributed by atoms with E-state index in [1.165, 1.54) is 10.5 Å². The number of rotatable bonds is 5. The fourth-order valence-corrected chi connectivity index (χ4v) is 2.62. The third-order valence-corrected chi connectivity index (χ3v) is 3.93. The number of hydrogen-bond donors (Lipinski definition) is 1. The van der Waals surface area contributed by atoms with Crippen LogP contribution >= 0.6 is 15.9 Å². The van der Waals surface area contributed by atoms with Crippen LogP contribution in [0.5, 0.6) is 0 Å². The van der Waals surface area contributed by atoms with Crippen molar-refractivity contribution in [3.63, 3.8) is 0 Å². The van der Waals surface area contributed by atoms with Gasteiger partial charge in [-0.3, -0.25) is 18.9 Å². The standard InChI is InChI=1S/C15H17BrN4O2/c1-19(9-14(21)18-11-3-4-11)8-12-6-15(22)20-7-10(16)2-5-13(20)17-12/h2,5-7,11H,3-4,8-9H2,1H3,(H,18,21). The summed E-state index contributed by atoms with van der Waals surface area (Å²) in [5.74, 6) is 0.0199. The SMILES string of the molecule is CN(CC(=O)NC1CC1)Cc1cc(=O)n2cc(Br)ccc2n1. The summed E-state index contributed by atoms with van der Waals surface area (Å²) in [6.07, 6.45) is 3.85. The van der Waals surface area contributed by atoms with E-state index in [9.17, 15) is 9.59 Å². The largest absolute Gasteiger partial charge is 0.352 e. The first kappa shape index (κ1) is 15.2. The number of aromatic nitrogens is 2. The maximum absolute atomic E-state index is 12.1. The first-order valence-electron chi connectivity index (χ1n) is 7.17. The van der Waals surface area contributed by atoms with Gasteiger partial charge in [-0.1, -0.05) is 0 Å². The molecule has 6 nitrogen and oxygen atoms in total. The van der Waals surface area contributed by atoms with Crippen molar-refractivity contribution in [2.24, 2.45) is 0 Å². The summed E-state index contributed by atoms with van der Waals surface area (Å²) in [6, 6.07) is 5.50. The van der Waals surface area contributed by atoms with Crippen molar-refractivity contribution in [3.8, 4) is 0 Å². The number of pyridine rings is 1. The second-order valence-electron chi connectivity index (χ2n) is 5.68. The summed E-state index contributed by atoms with van der Waals surface area (Å²) >= 11 is 3.34. The van der Waals surface area contributed by atoms with Gasteiger partial charge in [-0.25, -0.2) is 4.98 Å². The molecule has 2 aromatic rings. The summed E-state index contributed by atoms with van der Waals surface area (Å²) < 4.78 is 2.32. The zero-order valence-corrected chi connectivity index (χ0v) is 13.8. The Hall–Kier alpha value is -1.73. The zero-order valence-electron chi connectivity index (χ0n) is 12.3. The molecule has 2 aromatic heterocycles. The van der Waals surface area contributed by atoms with E-state index in [0.29, 0.717) is 30.5 Å². The van der Waals surface area contributed by atoms with Gasteiger partial charge in [-0.2, -0.15) is 0 Å². The fraction of sp³-hybridized carbons (Fsp3) is 0.400. The second-order valence-corrected chi connectivity index (χ2v) is 6.59. The number of halogens is 1. The van der Waals surface area contributed by atoms with Gasteiger partial charge in [0.1, 0.15) is 5.65 Å². The third kappa shape index (κ3) is 3.72. The predicted molar refractivity (Wildman–Crippen MR) is 86.7 cm³/mol. The third-order valence-electron chi connectivity index (χ3n) is 3.46. The highest BCUT2D eigenvalue weighted by molar-refractivity contribution is 9.10. The summed E-state index contributed by atoms with van der Waals surface area (Å²) in [6.45, 7) is 0.762. The van der Waals surface area contributed by atoms with E-state index >= 15 is 0 Å². The Labute approximate surface area is 136 Å². The minimum Gasteiger partial charge on any atom is -0.352 e. The minimum atomic E-state index is -0.128. The van der Waals surface area contributed by atoms with Crippen LogP contribution in [0.15, 0.2) is 33.7 Å². The van der Waals surface area contributed by atoms with Crippen LogP contribution < -0.4 is 10.9 Å². The normalized spacial score (nSPS) is 14.5. The molecule has 1 saturated carbocycles. The summed E-state index contributed by atoms with van der Waals surface area (Å²) in [5.41, 5.74) is 1.13. The molecule has 1 aliphatic carbocycles. The molecule has 22 heavy (non-hydrogen) atoms. The number of nitrogens with one attached hydrogen (secondary N) is 1. The highest BCUT2D eigenvalue weighted by atomic mass is 79.9. The van der Waals surface area contributed by atoms with Gasteiger partial charge in [0.2, 0.25) is 5.91 Å². The molecule has 116 valence electrons. The average molecular weight is 365 g/mol. The smallest absolute Gasteiger partial charge is 0.258 e. The van der Waals surface area contributed by atoms with Crippen molar-refractivity contribution in [2.45, 2.75) is 25.4 Å². The van der Waals surface area contributed by atoms with E-state index in [1.807, 2.05) is 18.0 Å². The molecule has 0 spiro atoms. The lowest BCUT2D eigenvalue weighted by Gasteiger charge is -2.16. The molecule has 0 saturated heterocycles. The number of hydrogen-bond acceptors (Lipinski definition) is 4. The van der Waals surface area contributed by atoms with Crippen LogP contribution in [0.4, 0.5) is 0 Å². The average Bonchev–Trinajstić information content (AvgIpc) is 3.23. The Morgan fingerprint density at radius 2 is 2.27 bits per heavy atom. The van der Waals surface area contributed by atoms with Crippen molar-refractivity contribution < 1.29 is 4.79 Å². The van der Waals surface area contributed by atoms with E-state index in [1.54, 1.807) is 12.3 Å².